The number of carbonyl (C=O) groups excluding carboxylic acids is 2. The van der Waals surface area contributed by atoms with Gasteiger partial charge in [0, 0.05) is 17.7 Å². The molecule has 2 aromatic rings. The molecule has 4 nitrogen and oxygen atoms in total. The lowest BCUT2D eigenvalue weighted by atomic mass is 9.92. The van der Waals surface area contributed by atoms with Crippen molar-refractivity contribution in [2.24, 2.45) is 5.73 Å². The predicted molar refractivity (Wildman–Crippen MR) is 84.5 cm³/mol. The number of nitrogens with two attached hydrogens (primary N) is 1. The Kier molecular flexibility index (Phi) is 3.86. The second-order valence-electron chi connectivity index (χ2n) is 5.67. The van der Waals surface area contributed by atoms with Gasteiger partial charge in [-0.3, -0.25) is 9.59 Å². The van der Waals surface area contributed by atoms with Crippen LogP contribution in [-0.2, 0) is 6.42 Å². The number of primary amides is 1. The minimum absolute atomic E-state index is 0.133. The average molecular weight is 312 g/mol. The number of fused-ring (bicyclic) bond motifs is 1. The minimum atomic E-state index is -0.519. The normalized spacial score (nSPS) is 15.2. The van der Waals surface area contributed by atoms with Crippen molar-refractivity contribution in [2.75, 3.05) is 6.54 Å². The number of halogens is 1. The first-order valence-corrected chi connectivity index (χ1v) is 7.47. The van der Waals surface area contributed by atoms with E-state index in [0.29, 0.717) is 29.7 Å². The molecule has 23 heavy (non-hydrogen) atoms. The summed E-state index contributed by atoms with van der Waals surface area (Å²) < 4.78 is 13.1. The van der Waals surface area contributed by atoms with Crippen molar-refractivity contribution in [1.29, 1.82) is 0 Å². The molecule has 2 aromatic carbocycles. The monoisotopic (exact) mass is 312 g/mol. The zero-order valence-corrected chi connectivity index (χ0v) is 12.8. The van der Waals surface area contributed by atoms with Crippen LogP contribution in [0.5, 0.6) is 0 Å². The largest absolute Gasteiger partial charge is 0.366 e. The van der Waals surface area contributed by atoms with E-state index in [4.69, 9.17) is 5.73 Å². The van der Waals surface area contributed by atoms with Crippen molar-refractivity contribution in [3.63, 3.8) is 0 Å². The summed E-state index contributed by atoms with van der Waals surface area (Å²) in [6.07, 6.45) is 0.575. The maximum absolute atomic E-state index is 13.1. The van der Waals surface area contributed by atoms with Crippen LogP contribution in [0.1, 0.15) is 44.8 Å². The molecule has 0 radical (unpaired) electrons. The van der Waals surface area contributed by atoms with Gasteiger partial charge in [0.25, 0.3) is 5.91 Å². The third-order valence-corrected chi connectivity index (χ3v) is 4.36. The van der Waals surface area contributed by atoms with Crippen LogP contribution in [0.25, 0.3) is 0 Å². The molecule has 0 aliphatic carbocycles. The highest BCUT2D eigenvalue weighted by molar-refractivity contribution is 6.02. The second-order valence-corrected chi connectivity index (χ2v) is 5.67. The van der Waals surface area contributed by atoms with Gasteiger partial charge < -0.3 is 10.6 Å². The highest BCUT2D eigenvalue weighted by Crippen LogP contribution is 2.29. The van der Waals surface area contributed by atoms with Crippen LogP contribution < -0.4 is 5.73 Å². The molecule has 2 N–H and O–H groups in total. The van der Waals surface area contributed by atoms with Gasteiger partial charge >= 0.3 is 0 Å². The first-order chi connectivity index (χ1) is 11.0. The smallest absolute Gasteiger partial charge is 0.254 e. The summed E-state index contributed by atoms with van der Waals surface area (Å²) in [5.74, 6) is -0.955. The number of benzene rings is 2. The average Bonchev–Trinajstić information content (AvgIpc) is 2.55. The maximum atomic E-state index is 13.1. The number of amides is 2. The Morgan fingerprint density at radius 1 is 1.22 bits per heavy atom. The van der Waals surface area contributed by atoms with Gasteiger partial charge in [0.05, 0.1) is 6.04 Å². The van der Waals surface area contributed by atoms with Crippen molar-refractivity contribution >= 4 is 11.8 Å². The van der Waals surface area contributed by atoms with Gasteiger partial charge in [0.1, 0.15) is 5.82 Å². The second kappa shape index (κ2) is 5.83. The highest BCUT2D eigenvalue weighted by Gasteiger charge is 2.30. The molecule has 118 valence electrons. The summed E-state index contributed by atoms with van der Waals surface area (Å²) in [5.41, 5.74) is 7.89. The molecule has 1 atom stereocenters. The SMILES string of the molecule is CC(c1ccc(F)cc1)N1CCc2c(C(N)=O)cccc2C1=O. The van der Waals surface area contributed by atoms with E-state index in [1.54, 1.807) is 35.2 Å². The maximum Gasteiger partial charge on any atom is 0.254 e. The van der Waals surface area contributed by atoms with Gasteiger partial charge in [-0.25, -0.2) is 4.39 Å². The Bertz CT molecular complexity index is 771. The molecule has 1 heterocycles. The van der Waals surface area contributed by atoms with Crippen molar-refractivity contribution in [2.45, 2.75) is 19.4 Å². The van der Waals surface area contributed by atoms with Crippen LogP contribution >= 0.6 is 0 Å². The van der Waals surface area contributed by atoms with Crippen LogP contribution in [0.4, 0.5) is 4.39 Å². The van der Waals surface area contributed by atoms with Crippen LogP contribution in [-0.4, -0.2) is 23.3 Å². The molecule has 5 heteroatoms. The number of carbonyl (C=O) groups is 2. The van der Waals surface area contributed by atoms with Crippen LogP contribution in [0.15, 0.2) is 42.5 Å². The lowest BCUT2D eigenvalue weighted by molar-refractivity contribution is 0.0672. The molecule has 1 unspecified atom stereocenters. The van der Waals surface area contributed by atoms with Gasteiger partial charge in [-0.1, -0.05) is 18.2 Å². The summed E-state index contributed by atoms with van der Waals surface area (Å²) in [6, 6.07) is 11.0. The Labute approximate surface area is 133 Å². The molecule has 0 spiro atoms. The van der Waals surface area contributed by atoms with E-state index in [-0.39, 0.29) is 17.8 Å². The summed E-state index contributed by atoms with van der Waals surface area (Å²) >= 11 is 0. The fourth-order valence-corrected chi connectivity index (χ4v) is 3.07. The molecule has 0 bridgehead atoms. The molecule has 2 amide bonds. The highest BCUT2D eigenvalue weighted by atomic mass is 19.1. The van der Waals surface area contributed by atoms with Crippen molar-refractivity contribution in [1.82, 2.24) is 4.90 Å². The van der Waals surface area contributed by atoms with Gasteiger partial charge in [-0.15, -0.1) is 0 Å². The van der Waals surface area contributed by atoms with Gasteiger partial charge in [0.2, 0.25) is 5.91 Å². The Morgan fingerprint density at radius 2 is 1.91 bits per heavy atom. The Morgan fingerprint density at radius 3 is 2.57 bits per heavy atom. The molecule has 0 saturated carbocycles. The van der Waals surface area contributed by atoms with E-state index in [1.807, 2.05) is 6.92 Å². The van der Waals surface area contributed by atoms with E-state index < -0.39 is 5.91 Å². The van der Waals surface area contributed by atoms with E-state index in [9.17, 15) is 14.0 Å². The quantitative estimate of drug-likeness (QED) is 0.947. The summed E-state index contributed by atoms with van der Waals surface area (Å²) in [5, 5.41) is 0. The molecule has 0 saturated heterocycles. The first-order valence-electron chi connectivity index (χ1n) is 7.47. The number of hydrogen-bond acceptors (Lipinski definition) is 2. The lowest BCUT2D eigenvalue weighted by Gasteiger charge is -2.34. The standard InChI is InChI=1S/C18H17FN2O2/c1-11(12-5-7-13(19)8-6-12)21-10-9-14-15(17(20)22)3-2-4-16(14)18(21)23/h2-8,11H,9-10H2,1H3,(H2,20,22). The number of nitrogens with zero attached hydrogens (tertiary/aromatic N) is 1. The van der Waals surface area contributed by atoms with Crippen molar-refractivity contribution in [3.05, 3.63) is 70.5 Å². The van der Waals surface area contributed by atoms with Crippen LogP contribution in [0, 0.1) is 5.82 Å². The van der Waals surface area contributed by atoms with Crippen LogP contribution in [0.2, 0.25) is 0 Å². The molecule has 1 aliphatic rings. The van der Waals surface area contributed by atoms with E-state index >= 15 is 0 Å². The lowest BCUT2D eigenvalue weighted by Crippen LogP contribution is -2.40. The fourth-order valence-electron chi connectivity index (χ4n) is 3.07. The third kappa shape index (κ3) is 2.70. The van der Waals surface area contributed by atoms with Gasteiger partial charge in [-0.2, -0.15) is 0 Å². The van der Waals surface area contributed by atoms with E-state index in [0.717, 1.165) is 5.56 Å². The molecule has 1 aliphatic heterocycles. The Balaban J connectivity index is 1.93. The number of rotatable bonds is 3. The minimum Gasteiger partial charge on any atom is -0.366 e. The molecular formula is C18H17FN2O2. The molecule has 0 fully saturated rings. The molecule has 3 rings (SSSR count). The van der Waals surface area contributed by atoms with Crippen LogP contribution in [0.3, 0.4) is 0 Å². The molecular weight excluding hydrogens is 295 g/mol. The summed E-state index contributed by atoms with van der Waals surface area (Å²) in [6.45, 7) is 2.41. The number of hydrogen-bond donors (Lipinski definition) is 1. The first kappa shape index (κ1) is 15.2. The zero-order chi connectivity index (χ0) is 16.6. The third-order valence-electron chi connectivity index (χ3n) is 4.36. The van der Waals surface area contributed by atoms with E-state index in [2.05, 4.69) is 0 Å². The topological polar surface area (TPSA) is 63.4 Å². The van der Waals surface area contributed by atoms with Gasteiger partial charge in [0.15, 0.2) is 0 Å². The van der Waals surface area contributed by atoms with Crippen molar-refractivity contribution in [3.8, 4) is 0 Å². The van der Waals surface area contributed by atoms with E-state index in [1.165, 1.54) is 12.1 Å². The molecule has 0 aromatic heterocycles. The zero-order valence-electron chi connectivity index (χ0n) is 12.8. The Hall–Kier alpha value is -2.69. The van der Waals surface area contributed by atoms with Crippen molar-refractivity contribution < 1.29 is 14.0 Å². The fraction of sp³-hybridized carbons (Fsp3) is 0.222. The van der Waals surface area contributed by atoms with Gasteiger partial charge in [-0.05, 0) is 48.7 Å². The summed E-state index contributed by atoms with van der Waals surface area (Å²) in [4.78, 5) is 26.0. The predicted octanol–water partition coefficient (Wildman–Crippen LogP) is 2.68. The summed E-state index contributed by atoms with van der Waals surface area (Å²) in [7, 11) is 0.